The number of benzene rings is 2. The highest BCUT2D eigenvalue weighted by Crippen LogP contribution is 2.26. The molecule has 130 valence electrons. The van der Waals surface area contributed by atoms with E-state index in [9.17, 15) is 9.90 Å². The van der Waals surface area contributed by atoms with E-state index < -0.39 is 6.10 Å². The molecule has 0 aliphatic carbocycles. The van der Waals surface area contributed by atoms with Crippen LogP contribution in [0.5, 0.6) is 5.75 Å². The number of aliphatic hydroxyl groups is 1. The van der Waals surface area contributed by atoms with Crippen molar-refractivity contribution in [1.82, 2.24) is 4.90 Å². The third-order valence-electron chi connectivity index (χ3n) is 4.31. The summed E-state index contributed by atoms with van der Waals surface area (Å²) < 4.78 is 5.25. The van der Waals surface area contributed by atoms with Crippen LogP contribution in [0.3, 0.4) is 0 Å². The molecule has 1 unspecified atom stereocenters. The van der Waals surface area contributed by atoms with E-state index in [2.05, 4.69) is 6.07 Å². The summed E-state index contributed by atoms with van der Waals surface area (Å²) in [5.41, 5.74) is 0.980. The number of hydrogen-bond donors (Lipinski definition) is 1. The molecule has 0 aliphatic heterocycles. The van der Waals surface area contributed by atoms with Gasteiger partial charge in [-0.2, -0.15) is 0 Å². The summed E-state index contributed by atoms with van der Waals surface area (Å²) in [5.74, 6) is 0.610. The summed E-state index contributed by atoms with van der Waals surface area (Å²) in [4.78, 5) is 14.6. The summed E-state index contributed by atoms with van der Waals surface area (Å²) in [7, 11) is 1.65. The molecular weight excluding hydrogens is 302 g/mol. The molecule has 2 atom stereocenters. The van der Waals surface area contributed by atoms with Crippen LogP contribution in [0.15, 0.2) is 36.4 Å². The van der Waals surface area contributed by atoms with E-state index in [0.29, 0.717) is 6.54 Å². The molecule has 4 heteroatoms. The van der Waals surface area contributed by atoms with E-state index in [4.69, 9.17) is 4.74 Å². The highest BCUT2D eigenvalue weighted by atomic mass is 16.5. The standard InChI is InChI=1S/C20H27NO3/c1-13(2)21(12-14(3)22)20(23)15(4)16-6-7-18-11-19(24-5)9-8-17(18)10-16/h6-11,13-15,22H,12H2,1-5H3/t14?,15-/m0/s1. The van der Waals surface area contributed by atoms with E-state index in [-0.39, 0.29) is 17.9 Å². The predicted octanol–water partition coefficient (Wildman–Crippen LogP) is 3.57. The van der Waals surface area contributed by atoms with Crippen LogP contribution in [-0.4, -0.2) is 41.7 Å². The van der Waals surface area contributed by atoms with Crippen LogP contribution in [0.25, 0.3) is 10.8 Å². The molecule has 0 bridgehead atoms. The van der Waals surface area contributed by atoms with Crippen molar-refractivity contribution in [1.29, 1.82) is 0 Å². The first-order valence-corrected chi connectivity index (χ1v) is 8.39. The van der Waals surface area contributed by atoms with Gasteiger partial charge >= 0.3 is 0 Å². The highest BCUT2D eigenvalue weighted by molar-refractivity contribution is 5.88. The van der Waals surface area contributed by atoms with Crippen molar-refractivity contribution >= 4 is 16.7 Å². The molecule has 0 radical (unpaired) electrons. The molecule has 1 amide bonds. The van der Waals surface area contributed by atoms with Gasteiger partial charge in [-0.15, -0.1) is 0 Å². The Morgan fingerprint density at radius 2 is 1.71 bits per heavy atom. The fourth-order valence-corrected chi connectivity index (χ4v) is 2.87. The largest absolute Gasteiger partial charge is 0.497 e. The Labute approximate surface area is 144 Å². The SMILES string of the molecule is COc1ccc2cc([C@H](C)C(=O)N(CC(C)O)C(C)C)ccc2c1. The molecular formula is C20H27NO3. The van der Waals surface area contributed by atoms with Crippen molar-refractivity contribution in [3.63, 3.8) is 0 Å². The zero-order valence-corrected chi connectivity index (χ0v) is 15.1. The first-order valence-electron chi connectivity index (χ1n) is 8.39. The van der Waals surface area contributed by atoms with Gasteiger partial charge in [0.1, 0.15) is 5.75 Å². The van der Waals surface area contributed by atoms with Crippen LogP contribution < -0.4 is 4.74 Å². The first-order chi connectivity index (χ1) is 11.3. The average molecular weight is 329 g/mol. The Morgan fingerprint density at radius 3 is 2.29 bits per heavy atom. The summed E-state index contributed by atoms with van der Waals surface area (Å²) in [6.45, 7) is 7.92. The Balaban J connectivity index is 2.29. The summed E-state index contributed by atoms with van der Waals surface area (Å²) in [6.07, 6.45) is -0.535. The molecule has 4 nitrogen and oxygen atoms in total. The molecule has 0 saturated carbocycles. The zero-order valence-electron chi connectivity index (χ0n) is 15.1. The van der Waals surface area contributed by atoms with Crippen molar-refractivity contribution in [3.8, 4) is 5.75 Å². The fraction of sp³-hybridized carbons (Fsp3) is 0.450. The normalized spacial score (nSPS) is 13.8. The predicted molar refractivity (Wildman–Crippen MR) is 97.4 cm³/mol. The number of carbonyl (C=O) groups excluding carboxylic acids is 1. The molecule has 24 heavy (non-hydrogen) atoms. The maximum absolute atomic E-state index is 12.9. The summed E-state index contributed by atoms with van der Waals surface area (Å²) in [6, 6.07) is 12.0. The molecule has 0 saturated heterocycles. The average Bonchev–Trinajstić information content (AvgIpc) is 2.57. The smallest absolute Gasteiger partial charge is 0.230 e. The van der Waals surface area contributed by atoms with Gasteiger partial charge in [0.25, 0.3) is 0 Å². The molecule has 2 aromatic rings. The number of fused-ring (bicyclic) bond motifs is 1. The van der Waals surface area contributed by atoms with Crippen LogP contribution in [-0.2, 0) is 4.79 Å². The van der Waals surface area contributed by atoms with Gasteiger partial charge in [0, 0.05) is 12.6 Å². The monoisotopic (exact) mass is 329 g/mol. The Bertz CT molecular complexity index is 709. The number of aliphatic hydroxyl groups excluding tert-OH is 1. The van der Waals surface area contributed by atoms with Gasteiger partial charge in [-0.1, -0.05) is 24.3 Å². The lowest BCUT2D eigenvalue weighted by Gasteiger charge is -2.30. The first kappa shape index (κ1) is 18.3. The van der Waals surface area contributed by atoms with Crippen molar-refractivity contribution in [2.75, 3.05) is 13.7 Å². The summed E-state index contributed by atoms with van der Waals surface area (Å²) in [5, 5.41) is 11.8. The second kappa shape index (κ2) is 7.67. The van der Waals surface area contributed by atoms with Crippen LogP contribution in [0.1, 0.15) is 39.2 Å². The van der Waals surface area contributed by atoms with Crippen LogP contribution >= 0.6 is 0 Å². The molecule has 0 aliphatic rings. The zero-order chi connectivity index (χ0) is 17.9. The van der Waals surface area contributed by atoms with Crippen molar-refractivity contribution in [3.05, 3.63) is 42.0 Å². The minimum absolute atomic E-state index is 0.0405. The number of nitrogens with zero attached hydrogens (tertiary/aromatic N) is 1. The minimum Gasteiger partial charge on any atom is -0.497 e. The molecule has 1 N–H and O–H groups in total. The molecule has 0 spiro atoms. The highest BCUT2D eigenvalue weighted by Gasteiger charge is 2.25. The number of ether oxygens (including phenoxy) is 1. The number of rotatable bonds is 6. The number of carbonyl (C=O) groups is 1. The Kier molecular flexibility index (Phi) is 5.84. The third kappa shape index (κ3) is 4.06. The quantitative estimate of drug-likeness (QED) is 0.881. The van der Waals surface area contributed by atoms with Crippen molar-refractivity contribution in [2.45, 2.75) is 45.8 Å². The minimum atomic E-state index is -0.535. The van der Waals surface area contributed by atoms with E-state index in [1.165, 1.54) is 0 Å². The Morgan fingerprint density at radius 1 is 1.08 bits per heavy atom. The maximum atomic E-state index is 12.9. The van der Waals surface area contributed by atoms with Gasteiger partial charge in [-0.25, -0.2) is 0 Å². The van der Waals surface area contributed by atoms with E-state index in [1.807, 2.05) is 51.1 Å². The third-order valence-corrected chi connectivity index (χ3v) is 4.31. The van der Waals surface area contributed by atoms with E-state index >= 15 is 0 Å². The topological polar surface area (TPSA) is 49.8 Å². The van der Waals surface area contributed by atoms with Crippen molar-refractivity contribution in [2.24, 2.45) is 0 Å². The lowest BCUT2D eigenvalue weighted by atomic mass is 9.96. The van der Waals surface area contributed by atoms with Crippen LogP contribution in [0.4, 0.5) is 0 Å². The maximum Gasteiger partial charge on any atom is 0.230 e. The lowest BCUT2D eigenvalue weighted by Crippen LogP contribution is -2.43. The fourth-order valence-electron chi connectivity index (χ4n) is 2.87. The van der Waals surface area contributed by atoms with E-state index in [0.717, 1.165) is 22.1 Å². The lowest BCUT2D eigenvalue weighted by molar-refractivity contribution is -0.135. The second-order valence-electron chi connectivity index (χ2n) is 6.63. The number of hydrogen-bond acceptors (Lipinski definition) is 3. The van der Waals surface area contributed by atoms with Gasteiger partial charge in [-0.05, 0) is 56.2 Å². The van der Waals surface area contributed by atoms with Crippen LogP contribution in [0.2, 0.25) is 0 Å². The molecule has 2 aromatic carbocycles. The summed E-state index contributed by atoms with van der Waals surface area (Å²) >= 11 is 0. The van der Waals surface area contributed by atoms with Gasteiger partial charge < -0.3 is 14.7 Å². The number of methoxy groups -OCH3 is 1. The molecule has 2 rings (SSSR count). The van der Waals surface area contributed by atoms with Crippen LogP contribution in [0, 0.1) is 0 Å². The number of amides is 1. The molecule has 0 heterocycles. The van der Waals surface area contributed by atoms with Gasteiger partial charge in [-0.3, -0.25) is 4.79 Å². The van der Waals surface area contributed by atoms with Crippen molar-refractivity contribution < 1.29 is 14.6 Å². The van der Waals surface area contributed by atoms with Gasteiger partial charge in [0.05, 0.1) is 19.1 Å². The van der Waals surface area contributed by atoms with Gasteiger partial charge in [0.15, 0.2) is 0 Å². The Hall–Kier alpha value is -2.07. The second-order valence-corrected chi connectivity index (χ2v) is 6.63. The van der Waals surface area contributed by atoms with E-state index in [1.54, 1.807) is 18.9 Å². The molecule has 0 aromatic heterocycles. The van der Waals surface area contributed by atoms with Gasteiger partial charge in [0.2, 0.25) is 5.91 Å². The molecule has 0 fully saturated rings.